The molecule has 0 aromatic heterocycles. The Kier molecular flexibility index (Phi) is 6.89. The third kappa shape index (κ3) is 5.90. The molecule has 2 fully saturated rings. The lowest BCUT2D eigenvalue weighted by Crippen LogP contribution is -2.50. The van der Waals surface area contributed by atoms with E-state index in [9.17, 15) is 4.79 Å². The maximum Gasteiger partial charge on any atom is 0.317 e. The van der Waals surface area contributed by atoms with Crippen molar-refractivity contribution in [2.75, 3.05) is 59.0 Å². The Morgan fingerprint density at radius 1 is 1.33 bits per heavy atom. The Balaban J connectivity index is 1.69. The van der Waals surface area contributed by atoms with Crippen LogP contribution in [0.5, 0.6) is 0 Å². The van der Waals surface area contributed by atoms with Crippen LogP contribution in [0.1, 0.15) is 19.8 Å². The normalized spacial score (nSPS) is 28.6. The molecule has 2 rings (SSSR count). The first-order chi connectivity index (χ1) is 10.2. The molecule has 21 heavy (non-hydrogen) atoms. The molecule has 2 unspecified atom stereocenters. The molecular formula is C15H29N3O3. The summed E-state index contributed by atoms with van der Waals surface area (Å²) in [5.41, 5.74) is 0. The lowest BCUT2D eigenvalue weighted by Gasteiger charge is -2.38. The summed E-state index contributed by atoms with van der Waals surface area (Å²) in [6.07, 6.45) is 2.71. The van der Waals surface area contributed by atoms with Crippen LogP contribution in [0.25, 0.3) is 0 Å². The third-order valence-electron chi connectivity index (χ3n) is 4.44. The van der Waals surface area contributed by atoms with Crippen LogP contribution < -0.4 is 5.32 Å². The lowest BCUT2D eigenvalue weighted by atomic mass is 9.97. The van der Waals surface area contributed by atoms with Gasteiger partial charge < -0.3 is 20.1 Å². The lowest BCUT2D eigenvalue weighted by molar-refractivity contribution is -0.136. The number of likely N-dealkylation sites (tertiary alicyclic amines) is 1. The number of carbonyl (C=O) groups is 1. The second-order valence-electron chi connectivity index (χ2n) is 6.18. The highest BCUT2D eigenvalue weighted by Crippen LogP contribution is 2.17. The average Bonchev–Trinajstić information content (AvgIpc) is 2.47. The number of hydrogen-bond acceptors (Lipinski definition) is 5. The largest absolute Gasteiger partial charge is 0.480 e. The Morgan fingerprint density at radius 3 is 2.95 bits per heavy atom. The zero-order valence-corrected chi connectivity index (χ0v) is 13.1. The van der Waals surface area contributed by atoms with E-state index < -0.39 is 5.97 Å². The second-order valence-corrected chi connectivity index (χ2v) is 6.18. The maximum atomic E-state index is 10.5. The number of carboxylic acid groups (broad SMARTS) is 1. The van der Waals surface area contributed by atoms with Crippen molar-refractivity contribution in [3.8, 4) is 0 Å². The van der Waals surface area contributed by atoms with Crippen molar-refractivity contribution in [2.24, 2.45) is 5.92 Å². The predicted molar refractivity (Wildman–Crippen MR) is 81.5 cm³/mol. The van der Waals surface area contributed by atoms with Crippen LogP contribution in [0.2, 0.25) is 0 Å². The Labute approximate surface area is 127 Å². The number of aliphatic carboxylic acids is 1. The molecule has 0 saturated carbocycles. The van der Waals surface area contributed by atoms with E-state index in [1.807, 2.05) is 0 Å². The molecule has 0 aromatic rings. The van der Waals surface area contributed by atoms with Crippen molar-refractivity contribution < 1.29 is 14.6 Å². The number of morpholine rings is 1. The summed E-state index contributed by atoms with van der Waals surface area (Å²) >= 11 is 0. The number of carboxylic acids is 1. The molecule has 0 radical (unpaired) electrons. The van der Waals surface area contributed by atoms with Gasteiger partial charge in [-0.05, 0) is 38.4 Å². The van der Waals surface area contributed by atoms with E-state index in [1.54, 1.807) is 0 Å². The van der Waals surface area contributed by atoms with Crippen LogP contribution in [0.3, 0.4) is 0 Å². The van der Waals surface area contributed by atoms with E-state index in [0.717, 1.165) is 52.4 Å². The summed E-state index contributed by atoms with van der Waals surface area (Å²) in [4.78, 5) is 15.5. The highest BCUT2D eigenvalue weighted by Gasteiger charge is 2.25. The summed E-state index contributed by atoms with van der Waals surface area (Å²) in [6, 6.07) is 0. The topological polar surface area (TPSA) is 65.0 Å². The van der Waals surface area contributed by atoms with Crippen molar-refractivity contribution in [3.05, 3.63) is 0 Å². The van der Waals surface area contributed by atoms with Gasteiger partial charge in [-0.15, -0.1) is 0 Å². The molecule has 0 spiro atoms. The van der Waals surface area contributed by atoms with Crippen molar-refractivity contribution in [1.29, 1.82) is 0 Å². The zero-order chi connectivity index (χ0) is 15.1. The molecule has 2 atom stereocenters. The first kappa shape index (κ1) is 16.7. The predicted octanol–water partition coefficient (Wildman–Crippen LogP) is 0.0933. The number of piperidine rings is 1. The van der Waals surface area contributed by atoms with Gasteiger partial charge in [0.25, 0.3) is 0 Å². The molecule has 0 bridgehead atoms. The monoisotopic (exact) mass is 299 g/mol. The Hall–Kier alpha value is -0.690. The molecule has 2 aliphatic heterocycles. The van der Waals surface area contributed by atoms with Gasteiger partial charge in [-0.1, -0.05) is 6.92 Å². The molecule has 0 aromatic carbocycles. The van der Waals surface area contributed by atoms with E-state index in [-0.39, 0.29) is 6.54 Å². The number of nitrogens with zero attached hydrogens (tertiary/aromatic N) is 2. The van der Waals surface area contributed by atoms with Crippen LogP contribution in [-0.2, 0) is 9.53 Å². The quantitative estimate of drug-likeness (QED) is 0.695. The molecule has 6 nitrogen and oxygen atoms in total. The van der Waals surface area contributed by atoms with Gasteiger partial charge in [0.15, 0.2) is 0 Å². The van der Waals surface area contributed by atoms with Crippen LogP contribution in [-0.4, -0.2) is 85.9 Å². The van der Waals surface area contributed by atoms with Crippen LogP contribution in [0, 0.1) is 5.92 Å². The summed E-state index contributed by atoms with van der Waals surface area (Å²) in [6.45, 7) is 10.3. The smallest absolute Gasteiger partial charge is 0.317 e. The second kappa shape index (κ2) is 8.68. The first-order valence-corrected chi connectivity index (χ1v) is 8.16. The van der Waals surface area contributed by atoms with Crippen molar-refractivity contribution in [2.45, 2.75) is 25.9 Å². The van der Waals surface area contributed by atoms with Crippen LogP contribution in [0.4, 0.5) is 0 Å². The minimum atomic E-state index is -0.780. The first-order valence-electron chi connectivity index (χ1n) is 8.16. The van der Waals surface area contributed by atoms with Gasteiger partial charge in [0.2, 0.25) is 0 Å². The summed E-state index contributed by atoms with van der Waals surface area (Å²) < 4.78 is 5.88. The van der Waals surface area contributed by atoms with E-state index in [0.29, 0.717) is 12.0 Å². The SMILES string of the molecule is CCN1CCOC(CN2CCCC(CNCC(=O)O)C2)C1. The Bertz CT molecular complexity index is 327. The van der Waals surface area contributed by atoms with Crippen molar-refractivity contribution >= 4 is 5.97 Å². The molecule has 122 valence electrons. The van der Waals surface area contributed by atoms with Gasteiger partial charge in [-0.2, -0.15) is 0 Å². The highest BCUT2D eigenvalue weighted by molar-refractivity contribution is 5.68. The van der Waals surface area contributed by atoms with Gasteiger partial charge in [-0.3, -0.25) is 9.69 Å². The number of rotatable bonds is 7. The van der Waals surface area contributed by atoms with Gasteiger partial charge >= 0.3 is 5.97 Å². The number of likely N-dealkylation sites (N-methyl/N-ethyl adjacent to an activating group) is 1. The maximum absolute atomic E-state index is 10.5. The zero-order valence-electron chi connectivity index (χ0n) is 13.1. The van der Waals surface area contributed by atoms with Gasteiger partial charge in [0.05, 0.1) is 19.3 Å². The summed E-state index contributed by atoms with van der Waals surface area (Å²) in [7, 11) is 0. The minimum absolute atomic E-state index is 0.0632. The fraction of sp³-hybridized carbons (Fsp3) is 0.933. The van der Waals surface area contributed by atoms with E-state index in [2.05, 4.69) is 22.0 Å². The molecule has 0 amide bonds. The molecule has 2 N–H and O–H groups in total. The molecule has 6 heteroatoms. The number of ether oxygens (including phenoxy) is 1. The highest BCUT2D eigenvalue weighted by atomic mass is 16.5. The van der Waals surface area contributed by atoms with Gasteiger partial charge in [0, 0.05) is 26.2 Å². The number of hydrogen-bond donors (Lipinski definition) is 2. The standard InChI is InChI=1S/C15H29N3O3/c1-2-17-6-7-21-14(11-17)12-18-5-3-4-13(10-18)8-16-9-15(19)20/h13-14,16H,2-12H2,1H3,(H,19,20). The van der Waals surface area contributed by atoms with E-state index >= 15 is 0 Å². The minimum Gasteiger partial charge on any atom is -0.480 e. The van der Waals surface area contributed by atoms with Gasteiger partial charge in [0.1, 0.15) is 0 Å². The fourth-order valence-corrected chi connectivity index (χ4v) is 3.33. The van der Waals surface area contributed by atoms with Crippen LogP contribution >= 0.6 is 0 Å². The molecule has 2 saturated heterocycles. The molecular weight excluding hydrogens is 270 g/mol. The third-order valence-corrected chi connectivity index (χ3v) is 4.44. The number of nitrogens with one attached hydrogen (secondary N) is 1. The molecule has 2 heterocycles. The fourth-order valence-electron chi connectivity index (χ4n) is 3.33. The summed E-state index contributed by atoms with van der Waals surface area (Å²) in [5, 5.41) is 11.7. The van der Waals surface area contributed by atoms with Gasteiger partial charge in [-0.25, -0.2) is 0 Å². The van der Waals surface area contributed by atoms with Crippen LogP contribution in [0.15, 0.2) is 0 Å². The van der Waals surface area contributed by atoms with Crippen molar-refractivity contribution in [1.82, 2.24) is 15.1 Å². The van der Waals surface area contributed by atoms with E-state index in [4.69, 9.17) is 9.84 Å². The summed E-state index contributed by atoms with van der Waals surface area (Å²) in [5.74, 6) is -0.220. The van der Waals surface area contributed by atoms with Crippen molar-refractivity contribution in [3.63, 3.8) is 0 Å². The molecule has 2 aliphatic rings. The average molecular weight is 299 g/mol. The van der Waals surface area contributed by atoms with E-state index in [1.165, 1.54) is 12.8 Å². The molecule has 0 aliphatic carbocycles. The Morgan fingerprint density at radius 2 is 2.19 bits per heavy atom.